The van der Waals surface area contributed by atoms with Gasteiger partial charge in [0.25, 0.3) is 0 Å². The summed E-state index contributed by atoms with van der Waals surface area (Å²) < 4.78 is 42.2. The Hall–Kier alpha value is -2.80. The van der Waals surface area contributed by atoms with E-state index in [1.54, 1.807) is 22.9 Å². The zero-order valence-electron chi connectivity index (χ0n) is 17.9. The molecular formula is C23H24ClF3N4. The molecular weight excluding hydrogens is 425 g/mol. The van der Waals surface area contributed by atoms with E-state index in [2.05, 4.69) is 35.8 Å². The van der Waals surface area contributed by atoms with Gasteiger partial charge in [0.1, 0.15) is 5.69 Å². The molecule has 2 aromatic carbocycles. The van der Waals surface area contributed by atoms with E-state index in [1.165, 1.54) is 12.1 Å². The molecule has 0 aliphatic rings. The summed E-state index contributed by atoms with van der Waals surface area (Å²) in [6, 6.07) is 11.1. The lowest BCUT2D eigenvalue weighted by atomic mass is 9.92. The van der Waals surface area contributed by atoms with Crippen LogP contribution in [0.4, 0.5) is 13.2 Å². The topological polar surface area (TPSA) is 46.5 Å². The Bertz CT molecular complexity index is 1250. The van der Waals surface area contributed by atoms with Crippen molar-refractivity contribution in [2.75, 3.05) is 0 Å². The zero-order chi connectivity index (χ0) is 21.8. The number of nitrogens with zero attached hydrogens (tertiary/aromatic N) is 3. The number of alkyl halides is 3. The fraction of sp³-hybridized carbons (Fsp3) is 0.304. The van der Waals surface area contributed by atoms with Crippen LogP contribution >= 0.6 is 12.4 Å². The van der Waals surface area contributed by atoms with Gasteiger partial charge in [-0.05, 0) is 47.9 Å². The molecule has 0 saturated heterocycles. The van der Waals surface area contributed by atoms with Crippen LogP contribution in [-0.2, 0) is 18.6 Å². The number of fused-ring (bicyclic) bond motifs is 1. The van der Waals surface area contributed by atoms with Gasteiger partial charge in [0.15, 0.2) is 5.82 Å². The average molecular weight is 449 g/mol. The van der Waals surface area contributed by atoms with Gasteiger partial charge in [0, 0.05) is 12.5 Å². The first-order valence-electron chi connectivity index (χ1n) is 9.67. The van der Waals surface area contributed by atoms with E-state index in [-0.39, 0.29) is 23.4 Å². The first-order valence-corrected chi connectivity index (χ1v) is 9.67. The molecule has 1 N–H and O–H groups in total. The van der Waals surface area contributed by atoms with Crippen LogP contribution in [-0.4, -0.2) is 19.7 Å². The number of benzene rings is 2. The lowest BCUT2D eigenvalue weighted by molar-refractivity contribution is -0.137. The van der Waals surface area contributed by atoms with Crippen LogP contribution in [0.5, 0.6) is 0 Å². The van der Waals surface area contributed by atoms with Gasteiger partial charge in [-0.1, -0.05) is 39.0 Å². The van der Waals surface area contributed by atoms with Crippen LogP contribution < -0.4 is 0 Å². The number of hydrogen-bond acceptors (Lipinski definition) is 2. The molecule has 0 saturated carbocycles. The molecule has 0 spiro atoms. The molecule has 0 aliphatic heterocycles. The molecule has 2 heterocycles. The summed E-state index contributed by atoms with van der Waals surface area (Å²) in [5.74, 6) is 0.639. The first kappa shape index (κ1) is 22.9. The number of aromatic nitrogens is 4. The van der Waals surface area contributed by atoms with Gasteiger partial charge in [0.05, 0.1) is 22.3 Å². The maximum absolute atomic E-state index is 13.5. The predicted molar refractivity (Wildman–Crippen MR) is 119 cm³/mol. The summed E-state index contributed by atoms with van der Waals surface area (Å²) in [5, 5.41) is 4.59. The minimum atomic E-state index is -4.42. The maximum atomic E-state index is 13.5. The number of halogens is 4. The number of imidazole rings is 1. The van der Waals surface area contributed by atoms with E-state index in [0.717, 1.165) is 28.5 Å². The predicted octanol–water partition coefficient (Wildman–Crippen LogP) is 6.68. The van der Waals surface area contributed by atoms with E-state index in [9.17, 15) is 13.2 Å². The smallest absolute Gasteiger partial charge is 0.336 e. The first-order chi connectivity index (χ1) is 13.9. The highest BCUT2D eigenvalue weighted by Crippen LogP contribution is 2.38. The van der Waals surface area contributed by atoms with Gasteiger partial charge in [-0.2, -0.15) is 18.3 Å². The second kappa shape index (κ2) is 7.71. The van der Waals surface area contributed by atoms with Crippen LogP contribution in [0.3, 0.4) is 0 Å². The fourth-order valence-corrected chi connectivity index (χ4v) is 3.60. The molecule has 4 aromatic rings. The number of hydrogen-bond donors (Lipinski definition) is 1. The SMILES string of the molecule is Cc1cc(-c2ccccc2C(F)(F)F)cc2nc(-c3cc(C(C)(C)C)nn3C)[nH]c12.Cl. The van der Waals surface area contributed by atoms with Crippen molar-refractivity contribution in [1.82, 2.24) is 19.7 Å². The largest absolute Gasteiger partial charge is 0.417 e. The van der Waals surface area contributed by atoms with Crippen molar-refractivity contribution in [3.63, 3.8) is 0 Å². The summed E-state index contributed by atoms with van der Waals surface area (Å²) in [6.45, 7) is 8.14. The Morgan fingerprint density at radius 3 is 2.29 bits per heavy atom. The number of aryl methyl sites for hydroxylation is 2. The maximum Gasteiger partial charge on any atom is 0.417 e. The lowest BCUT2D eigenvalue weighted by Crippen LogP contribution is -2.12. The Morgan fingerprint density at radius 2 is 1.68 bits per heavy atom. The van der Waals surface area contributed by atoms with Crippen molar-refractivity contribution in [3.8, 4) is 22.6 Å². The minimum absolute atomic E-state index is 0. The Labute approximate surface area is 184 Å². The van der Waals surface area contributed by atoms with Crippen molar-refractivity contribution < 1.29 is 13.2 Å². The van der Waals surface area contributed by atoms with Crippen molar-refractivity contribution in [1.29, 1.82) is 0 Å². The molecule has 164 valence electrons. The summed E-state index contributed by atoms with van der Waals surface area (Å²) in [5.41, 5.74) is 3.91. The third kappa shape index (κ3) is 4.19. The van der Waals surface area contributed by atoms with Crippen molar-refractivity contribution in [2.24, 2.45) is 7.05 Å². The van der Waals surface area contributed by atoms with Gasteiger partial charge in [-0.25, -0.2) is 4.98 Å². The van der Waals surface area contributed by atoms with E-state index < -0.39 is 11.7 Å². The molecule has 0 bridgehead atoms. The Morgan fingerprint density at radius 1 is 1.00 bits per heavy atom. The fourth-order valence-electron chi connectivity index (χ4n) is 3.60. The van der Waals surface area contributed by atoms with Gasteiger partial charge in [-0.15, -0.1) is 12.4 Å². The summed E-state index contributed by atoms with van der Waals surface area (Å²) in [4.78, 5) is 8.00. The molecule has 2 aromatic heterocycles. The third-order valence-electron chi connectivity index (χ3n) is 5.22. The second-order valence-corrected chi connectivity index (χ2v) is 8.60. The normalized spacial score (nSPS) is 12.3. The summed E-state index contributed by atoms with van der Waals surface area (Å²) in [6.07, 6.45) is -4.42. The molecule has 8 heteroatoms. The molecule has 31 heavy (non-hydrogen) atoms. The molecule has 0 radical (unpaired) electrons. The van der Waals surface area contributed by atoms with E-state index in [1.807, 2.05) is 20.0 Å². The van der Waals surface area contributed by atoms with Gasteiger partial charge in [0.2, 0.25) is 0 Å². The summed E-state index contributed by atoms with van der Waals surface area (Å²) in [7, 11) is 1.86. The van der Waals surface area contributed by atoms with E-state index >= 15 is 0 Å². The quantitative estimate of drug-likeness (QED) is 0.372. The minimum Gasteiger partial charge on any atom is -0.336 e. The average Bonchev–Trinajstić information content (AvgIpc) is 3.24. The standard InChI is InChI=1S/C23H23F3N4.ClH/c1-13-10-14(15-8-6-7-9-16(15)23(24,25)26)11-17-20(13)28-21(27-17)18-12-19(22(2,3)4)29-30(18)5;/h6-12H,1-5H3,(H,27,28);1H. The van der Waals surface area contributed by atoms with Crippen molar-refractivity contribution in [3.05, 3.63) is 59.3 Å². The molecule has 0 atom stereocenters. The Balaban J connectivity index is 0.00000272. The Kier molecular flexibility index (Phi) is 5.69. The highest BCUT2D eigenvalue weighted by Gasteiger charge is 2.33. The van der Waals surface area contributed by atoms with Crippen LogP contribution in [0.25, 0.3) is 33.7 Å². The number of aromatic amines is 1. The van der Waals surface area contributed by atoms with Gasteiger partial charge in [-0.3, -0.25) is 4.68 Å². The van der Waals surface area contributed by atoms with Crippen molar-refractivity contribution >= 4 is 23.4 Å². The third-order valence-corrected chi connectivity index (χ3v) is 5.22. The van der Waals surface area contributed by atoms with Gasteiger partial charge >= 0.3 is 6.18 Å². The second-order valence-electron chi connectivity index (χ2n) is 8.60. The van der Waals surface area contributed by atoms with Crippen molar-refractivity contribution in [2.45, 2.75) is 39.3 Å². The number of rotatable bonds is 2. The molecule has 0 amide bonds. The highest BCUT2D eigenvalue weighted by molar-refractivity contribution is 5.87. The zero-order valence-corrected chi connectivity index (χ0v) is 18.7. The van der Waals surface area contributed by atoms with Crippen LogP contribution in [0, 0.1) is 6.92 Å². The molecule has 0 unspecified atom stereocenters. The molecule has 4 rings (SSSR count). The molecule has 4 nitrogen and oxygen atoms in total. The number of H-pyrrole nitrogens is 1. The van der Waals surface area contributed by atoms with E-state index in [0.29, 0.717) is 16.9 Å². The van der Waals surface area contributed by atoms with Crippen LogP contribution in [0.1, 0.15) is 37.6 Å². The summed E-state index contributed by atoms with van der Waals surface area (Å²) >= 11 is 0. The highest BCUT2D eigenvalue weighted by atomic mass is 35.5. The molecule has 0 aliphatic carbocycles. The van der Waals surface area contributed by atoms with Crippen LogP contribution in [0.2, 0.25) is 0 Å². The van der Waals surface area contributed by atoms with Gasteiger partial charge < -0.3 is 4.98 Å². The van der Waals surface area contributed by atoms with Crippen LogP contribution in [0.15, 0.2) is 42.5 Å². The molecule has 0 fully saturated rings. The van der Waals surface area contributed by atoms with E-state index in [4.69, 9.17) is 0 Å². The monoisotopic (exact) mass is 448 g/mol. The lowest BCUT2D eigenvalue weighted by Gasteiger charge is -2.13. The number of nitrogens with one attached hydrogen (secondary N) is 1.